The lowest BCUT2D eigenvalue weighted by Crippen LogP contribution is -2.15. The minimum Gasteiger partial charge on any atom is -0.326 e. The highest BCUT2D eigenvalue weighted by atomic mass is 19.1. The summed E-state index contributed by atoms with van der Waals surface area (Å²) in [4.78, 5) is 12.0. The van der Waals surface area contributed by atoms with Gasteiger partial charge in [0.1, 0.15) is 5.82 Å². The molecule has 0 aliphatic rings. The lowest BCUT2D eigenvalue weighted by atomic mass is 10.1. The largest absolute Gasteiger partial charge is 0.326 e. The van der Waals surface area contributed by atoms with Crippen LogP contribution in [0.15, 0.2) is 48.5 Å². The summed E-state index contributed by atoms with van der Waals surface area (Å²) in [7, 11) is 0. The van der Waals surface area contributed by atoms with Crippen LogP contribution in [0.5, 0.6) is 0 Å². The van der Waals surface area contributed by atoms with Gasteiger partial charge in [-0.25, -0.2) is 4.39 Å². The van der Waals surface area contributed by atoms with Gasteiger partial charge in [-0.1, -0.05) is 24.3 Å². The number of benzene rings is 2. The van der Waals surface area contributed by atoms with Crippen LogP contribution in [0.4, 0.5) is 10.1 Å². The van der Waals surface area contributed by atoms with Crippen molar-refractivity contribution in [3.63, 3.8) is 0 Å². The van der Waals surface area contributed by atoms with Gasteiger partial charge in [0.15, 0.2) is 0 Å². The Morgan fingerprint density at radius 3 is 2.67 bits per heavy atom. The predicted octanol–water partition coefficient (Wildman–Crippen LogP) is 2.54. The molecule has 0 aromatic heterocycles. The van der Waals surface area contributed by atoms with Crippen molar-refractivity contribution in [1.29, 1.82) is 0 Å². The Kier molecular flexibility index (Phi) is 3.69. The third kappa shape index (κ3) is 2.73. The lowest BCUT2D eigenvalue weighted by molar-refractivity contribution is 0.102. The Morgan fingerprint density at radius 2 is 1.94 bits per heavy atom. The van der Waals surface area contributed by atoms with Crippen LogP contribution >= 0.6 is 0 Å². The van der Waals surface area contributed by atoms with Gasteiger partial charge in [-0.05, 0) is 29.8 Å². The maximum absolute atomic E-state index is 13.0. The smallest absolute Gasteiger partial charge is 0.255 e. The summed E-state index contributed by atoms with van der Waals surface area (Å²) >= 11 is 0. The van der Waals surface area contributed by atoms with Crippen molar-refractivity contribution in [2.75, 3.05) is 5.32 Å². The summed E-state index contributed by atoms with van der Waals surface area (Å²) in [6.07, 6.45) is 0. The standard InChI is InChI=1S/C14H13FN2O/c15-11-5-3-6-12(8-11)17-14(18)13-7-2-1-4-10(13)9-16/h1-8H,9,16H2,(H,17,18). The molecule has 3 nitrogen and oxygen atoms in total. The van der Waals surface area contributed by atoms with Crippen LogP contribution < -0.4 is 11.1 Å². The molecule has 0 aliphatic heterocycles. The second kappa shape index (κ2) is 5.42. The van der Waals surface area contributed by atoms with Crippen molar-refractivity contribution in [1.82, 2.24) is 0 Å². The van der Waals surface area contributed by atoms with E-state index in [4.69, 9.17) is 5.73 Å². The Balaban J connectivity index is 2.22. The highest BCUT2D eigenvalue weighted by molar-refractivity contribution is 6.05. The van der Waals surface area contributed by atoms with Crippen molar-refractivity contribution in [2.45, 2.75) is 6.54 Å². The summed E-state index contributed by atoms with van der Waals surface area (Å²) in [6, 6.07) is 12.8. The zero-order valence-electron chi connectivity index (χ0n) is 9.69. The molecule has 2 aromatic carbocycles. The second-order valence-corrected chi connectivity index (χ2v) is 3.83. The highest BCUT2D eigenvalue weighted by Crippen LogP contribution is 2.13. The summed E-state index contributed by atoms with van der Waals surface area (Å²) in [6.45, 7) is 0.284. The topological polar surface area (TPSA) is 55.1 Å². The van der Waals surface area contributed by atoms with E-state index in [1.165, 1.54) is 12.1 Å². The molecule has 0 radical (unpaired) electrons. The Morgan fingerprint density at radius 1 is 1.17 bits per heavy atom. The molecular formula is C14H13FN2O. The molecule has 0 bridgehead atoms. The fourth-order valence-corrected chi connectivity index (χ4v) is 1.68. The van der Waals surface area contributed by atoms with Gasteiger partial charge in [0.2, 0.25) is 0 Å². The molecule has 0 atom stereocenters. The van der Waals surface area contributed by atoms with Crippen LogP contribution in [0.25, 0.3) is 0 Å². The first kappa shape index (κ1) is 12.3. The average molecular weight is 244 g/mol. The number of nitrogens with two attached hydrogens (primary N) is 1. The van der Waals surface area contributed by atoms with E-state index in [1.807, 2.05) is 6.07 Å². The minimum atomic E-state index is -0.389. The monoisotopic (exact) mass is 244 g/mol. The van der Waals surface area contributed by atoms with Crippen LogP contribution in [-0.4, -0.2) is 5.91 Å². The third-order valence-corrected chi connectivity index (χ3v) is 2.56. The summed E-state index contributed by atoms with van der Waals surface area (Å²) < 4.78 is 13.0. The van der Waals surface area contributed by atoms with E-state index < -0.39 is 0 Å². The van der Waals surface area contributed by atoms with Gasteiger partial charge in [0.05, 0.1) is 0 Å². The molecule has 0 fully saturated rings. The van der Waals surface area contributed by atoms with E-state index >= 15 is 0 Å². The van der Waals surface area contributed by atoms with Crippen molar-refractivity contribution in [2.24, 2.45) is 5.73 Å². The molecule has 0 saturated heterocycles. The van der Waals surface area contributed by atoms with Crippen LogP contribution in [0, 0.1) is 5.82 Å². The van der Waals surface area contributed by atoms with Gasteiger partial charge >= 0.3 is 0 Å². The minimum absolute atomic E-state index is 0.284. The Bertz CT molecular complexity index is 569. The van der Waals surface area contributed by atoms with Crippen molar-refractivity contribution in [3.05, 3.63) is 65.5 Å². The average Bonchev–Trinajstić information content (AvgIpc) is 2.38. The second-order valence-electron chi connectivity index (χ2n) is 3.83. The fraction of sp³-hybridized carbons (Fsp3) is 0.0714. The van der Waals surface area contributed by atoms with E-state index in [0.717, 1.165) is 5.56 Å². The van der Waals surface area contributed by atoms with Crippen molar-refractivity contribution >= 4 is 11.6 Å². The van der Waals surface area contributed by atoms with Crippen molar-refractivity contribution < 1.29 is 9.18 Å². The molecule has 0 aliphatic carbocycles. The van der Waals surface area contributed by atoms with Crippen LogP contribution in [0.1, 0.15) is 15.9 Å². The Hall–Kier alpha value is -2.20. The molecule has 0 unspecified atom stereocenters. The number of anilines is 1. The molecule has 3 N–H and O–H groups in total. The molecule has 0 saturated carbocycles. The SMILES string of the molecule is NCc1ccccc1C(=O)Nc1cccc(F)c1. The van der Waals surface area contributed by atoms with Crippen LogP contribution in [0.3, 0.4) is 0 Å². The van der Waals surface area contributed by atoms with Gasteiger partial charge in [0, 0.05) is 17.8 Å². The zero-order chi connectivity index (χ0) is 13.0. The molecule has 92 valence electrons. The molecule has 0 spiro atoms. The fourth-order valence-electron chi connectivity index (χ4n) is 1.68. The highest BCUT2D eigenvalue weighted by Gasteiger charge is 2.10. The van der Waals surface area contributed by atoms with Gasteiger partial charge in [-0.3, -0.25) is 4.79 Å². The van der Waals surface area contributed by atoms with Crippen LogP contribution in [-0.2, 0) is 6.54 Å². The molecule has 1 amide bonds. The number of carbonyl (C=O) groups excluding carboxylic acids is 1. The predicted molar refractivity (Wildman–Crippen MR) is 68.7 cm³/mol. The van der Waals surface area contributed by atoms with E-state index in [0.29, 0.717) is 11.3 Å². The summed E-state index contributed by atoms with van der Waals surface area (Å²) in [5.74, 6) is -0.679. The van der Waals surface area contributed by atoms with E-state index in [-0.39, 0.29) is 18.3 Å². The van der Waals surface area contributed by atoms with Crippen LogP contribution in [0.2, 0.25) is 0 Å². The zero-order valence-corrected chi connectivity index (χ0v) is 9.69. The van der Waals surface area contributed by atoms with E-state index in [1.54, 1.807) is 30.3 Å². The normalized spacial score (nSPS) is 10.1. The number of carbonyl (C=O) groups is 1. The molecule has 0 heterocycles. The maximum atomic E-state index is 13.0. The quantitative estimate of drug-likeness (QED) is 0.871. The number of rotatable bonds is 3. The van der Waals surface area contributed by atoms with Gasteiger partial charge in [0.25, 0.3) is 5.91 Å². The van der Waals surface area contributed by atoms with Gasteiger partial charge < -0.3 is 11.1 Å². The number of halogens is 1. The van der Waals surface area contributed by atoms with E-state index in [2.05, 4.69) is 5.32 Å². The molecular weight excluding hydrogens is 231 g/mol. The number of hydrogen-bond donors (Lipinski definition) is 2. The summed E-state index contributed by atoms with van der Waals surface area (Å²) in [5.41, 5.74) is 7.25. The summed E-state index contributed by atoms with van der Waals surface area (Å²) in [5, 5.41) is 2.64. The number of amides is 1. The maximum Gasteiger partial charge on any atom is 0.255 e. The molecule has 18 heavy (non-hydrogen) atoms. The first-order chi connectivity index (χ1) is 8.70. The van der Waals surface area contributed by atoms with Crippen molar-refractivity contribution in [3.8, 4) is 0 Å². The lowest BCUT2D eigenvalue weighted by Gasteiger charge is -2.08. The van der Waals surface area contributed by atoms with E-state index in [9.17, 15) is 9.18 Å². The van der Waals surface area contributed by atoms with Gasteiger partial charge in [-0.15, -0.1) is 0 Å². The van der Waals surface area contributed by atoms with Gasteiger partial charge in [-0.2, -0.15) is 0 Å². The number of hydrogen-bond acceptors (Lipinski definition) is 2. The molecule has 4 heteroatoms. The molecule has 2 aromatic rings. The first-order valence-corrected chi connectivity index (χ1v) is 5.55. The first-order valence-electron chi connectivity index (χ1n) is 5.55. The number of nitrogens with one attached hydrogen (secondary N) is 1. The molecule has 2 rings (SSSR count). The third-order valence-electron chi connectivity index (χ3n) is 2.56. The Labute approximate surface area is 104 Å².